The van der Waals surface area contributed by atoms with Gasteiger partial charge in [-0.15, -0.1) is 0 Å². The highest BCUT2D eigenvalue weighted by Gasteiger charge is 2.59. The zero-order valence-electron chi connectivity index (χ0n) is 11.9. The van der Waals surface area contributed by atoms with Crippen LogP contribution in [0, 0.1) is 11.8 Å². The molecule has 2 nitrogen and oxygen atoms in total. The fourth-order valence-electron chi connectivity index (χ4n) is 4.10. The second-order valence-electron chi connectivity index (χ2n) is 6.44. The van der Waals surface area contributed by atoms with Crippen LogP contribution in [0.25, 0.3) is 0 Å². The smallest absolute Gasteiger partial charge is 0.0365 e. The summed E-state index contributed by atoms with van der Waals surface area (Å²) in [5, 5.41) is 0. The summed E-state index contributed by atoms with van der Waals surface area (Å²) in [5.41, 5.74) is 6.55. The van der Waals surface area contributed by atoms with E-state index in [1.54, 1.807) is 0 Å². The van der Waals surface area contributed by atoms with Gasteiger partial charge in [0.1, 0.15) is 0 Å². The lowest BCUT2D eigenvalue weighted by Crippen LogP contribution is -2.57. The summed E-state index contributed by atoms with van der Waals surface area (Å²) in [4.78, 5) is 2.75. The molecule has 2 heteroatoms. The van der Waals surface area contributed by atoms with E-state index in [-0.39, 0.29) is 0 Å². The molecule has 3 unspecified atom stereocenters. The Morgan fingerprint density at radius 1 is 1.35 bits per heavy atom. The average molecular weight is 238 g/mol. The lowest BCUT2D eigenvalue weighted by atomic mass is 9.89. The van der Waals surface area contributed by atoms with Crippen molar-refractivity contribution in [2.45, 2.75) is 70.9 Å². The van der Waals surface area contributed by atoms with Crippen LogP contribution in [0.3, 0.4) is 0 Å². The molecule has 0 bridgehead atoms. The molecule has 0 aromatic heterocycles. The molecule has 0 saturated heterocycles. The molecule has 0 aliphatic heterocycles. The van der Waals surface area contributed by atoms with E-state index in [4.69, 9.17) is 5.73 Å². The van der Waals surface area contributed by atoms with Crippen molar-refractivity contribution < 1.29 is 0 Å². The topological polar surface area (TPSA) is 29.3 Å². The van der Waals surface area contributed by atoms with Crippen molar-refractivity contribution >= 4 is 0 Å². The number of nitrogens with zero attached hydrogens (tertiary/aromatic N) is 1. The lowest BCUT2D eigenvalue weighted by molar-refractivity contribution is 0.0463. The first kappa shape index (κ1) is 13.4. The molecule has 0 radical (unpaired) electrons. The number of nitrogens with two attached hydrogens (primary N) is 1. The van der Waals surface area contributed by atoms with E-state index < -0.39 is 0 Å². The van der Waals surface area contributed by atoms with E-state index in [1.165, 1.54) is 45.1 Å². The SMILES string of the molecule is CCCCCN(C(C)C)C1(CN)CCC2CC21. The van der Waals surface area contributed by atoms with Crippen LogP contribution in [0.15, 0.2) is 0 Å². The first-order chi connectivity index (χ1) is 8.15. The fourth-order valence-corrected chi connectivity index (χ4v) is 4.10. The second-order valence-corrected chi connectivity index (χ2v) is 6.44. The van der Waals surface area contributed by atoms with Gasteiger partial charge in [0.25, 0.3) is 0 Å². The van der Waals surface area contributed by atoms with Crippen molar-refractivity contribution in [3.8, 4) is 0 Å². The fraction of sp³-hybridized carbons (Fsp3) is 1.00. The van der Waals surface area contributed by atoms with E-state index in [1.807, 2.05) is 0 Å². The van der Waals surface area contributed by atoms with Crippen molar-refractivity contribution in [3.63, 3.8) is 0 Å². The minimum absolute atomic E-state index is 0.368. The van der Waals surface area contributed by atoms with Crippen LogP contribution in [0.2, 0.25) is 0 Å². The standard InChI is InChI=1S/C15H30N2/c1-4-5-6-9-17(12(2)3)15(11-16)8-7-13-10-14(13)15/h12-14H,4-11,16H2,1-3H3. The molecule has 0 spiro atoms. The Hall–Kier alpha value is -0.0800. The van der Waals surface area contributed by atoms with Crippen LogP contribution in [-0.2, 0) is 0 Å². The van der Waals surface area contributed by atoms with Gasteiger partial charge < -0.3 is 5.73 Å². The Balaban J connectivity index is 2.02. The Morgan fingerprint density at radius 2 is 2.12 bits per heavy atom. The normalized spacial score (nSPS) is 35.6. The van der Waals surface area contributed by atoms with E-state index in [0.29, 0.717) is 11.6 Å². The Bertz CT molecular complexity index is 251. The van der Waals surface area contributed by atoms with Crippen molar-refractivity contribution in [1.82, 2.24) is 4.90 Å². The molecule has 3 atom stereocenters. The number of hydrogen-bond donors (Lipinski definition) is 1. The summed E-state index contributed by atoms with van der Waals surface area (Å²) in [6.45, 7) is 9.10. The number of hydrogen-bond acceptors (Lipinski definition) is 2. The van der Waals surface area contributed by atoms with Crippen LogP contribution in [0.5, 0.6) is 0 Å². The zero-order chi connectivity index (χ0) is 12.5. The number of unbranched alkanes of at least 4 members (excludes halogenated alkanes) is 2. The van der Waals surface area contributed by atoms with E-state index in [9.17, 15) is 0 Å². The largest absolute Gasteiger partial charge is 0.329 e. The maximum atomic E-state index is 6.19. The third-order valence-corrected chi connectivity index (χ3v) is 5.11. The molecule has 0 aromatic carbocycles. The summed E-state index contributed by atoms with van der Waals surface area (Å²) in [7, 11) is 0. The highest BCUT2D eigenvalue weighted by Crippen LogP contribution is 2.59. The van der Waals surface area contributed by atoms with Gasteiger partial charge in [0.15, 0.2) is 0 Å². The summed E-state index contributed by atoms with van der Waals surface area (Å²) >= 11 is 0. The molecule has 2 rings (SSSR count). The van der Waals surface area contributed by atoms with Gasteiger partial charge in [-0.1, -0.05) is 19.8 Å². The van der Waals surface area contributed by atoms with Gasteiger partial charge in [-0.25, -0.2) is 0 Å². The summed E-state index contributed by atoms with van der Waals surface area (Å²) in [6.07, 6.45) is 8.25. The van der Waals surface area contributed by atoms with Crippen LogP contribution in [-0.4, -0.2) is 29.6 Å². The third kappa shape index (κ3) is 2.39. The van der Waals surface area contributed by atoms with Gasteiger partial charge in [-0.05, 0) is 57.9 Å². The minimum Gasteiger partial charge on any atom is -0.329 e. The highest BCUT2D eigenvalue weighted by molar-refractivity contribution is 5.14. The Kier molecular flexibility index (Phi) is 4.14. The van der Waals surface area contributed by atoms with E-state index in [2.05, 4.69) is 25.7 Å². The first-order valence-electron chi connectivity index (χ1n) is 7.62. The molecular formula is C15H30N2. The second kappa shape index (κ2) is 5.27. The van der Waals surface area contributed by atoms with Gasteiger partial charge >= 0.3 is 0 Å². The van der Waals surface area contributed by atoms with Crippen LogP contribution in [0.1, 0.15) is 59.3 Å². The number of fused-ring (bicyclic) bond motifs is 1. The maximum absolute atomic E-state index is 6.19. The van der Waals surface area contributed by atoms with Gasteiger partial charge in [0, 0.05) is 18.1 Å². The minimum atomic E-state index is 0.368. The summed E-state index contributed by atoms with van der Waals surface area (Å²) in [6, 6.07) is 0.648. The molecule has 100 valence electrons. The maximum Gasteiger partial charge on any atom is 0.0365 e. The molecular weight excluding hydrogens is 208 g/mol. The molecule has 2 aliphatic carbocycles. The highest BCUT2D eigenvalue weighted by atomic mass is 15.2. The molecule has 2 saturated carbocycles. The molecule has 2 fully saturated rings. The van der Waals surface area contributed by atoms with E-state index >= 15 is 0 Å². The molecule has 17 heavy (non-hydrogen) atoms. The van der Waals surface area contributed by atoms with Crippen molar-refractivity contribution in [3.05, 3.63) is 0 Å². The summed E-state index contributed by atoms with van der Waals surface area (Å²) < 4.78 is 0. The Labute approximate surface area is 107 Å². The zero-order valence-corrected chi connectivity index (χ0v) is 11.9. The summed E-state index contributed by atoms with van der Waals surface area (Å²) in [5.74, 6) is 1.95. The molecule has 0 amide bonds. The van der Waals surface area contributed by atoms with Crippen LogP contribution >= 0.6 is 0 Å². The Morgan fingerprint density at radius 3 is 2.53 bits per heavy atom. The van der Waals surface area contributed by atoms with Crippen molar-refractivity contribution in [2.24, 2.45) is 17.6 Å². The van der Waals surface area contributed by atoms with Gasteiger partial charge in [-0.2, -0.15) is 0 Å². The van der Waals surface area contributed by atoms with Crippen molar-refractivity contribution in [2.75, 3.05) is 13.1 Å². The van der Waals surface area contributed by atoms with Gasteiger partial charge in [0.05, 0.1) is 0 Å². The predicted octanol–water partition coefficient (Wildman–Crippen LogP) is 3.01. The third-order valence-electron chi connectivity index (χ3n) is 5.11. The molecule has 2 aliphatic rings. The monoisotopic (exact) mass is 238 g/mol. The van der Waals surface area contributed by atoms with Crippen LogP contribution < -0.4 is 5.73 Å². The lowest BCUT2D eigenvalue weighted by Gasteiger charge is -2.45. The van der Waals surface area contributed by atoms with Crippen molar-refractivity contribution in [1.29, 1.82) is 0 Å². The van der Waals surface area contributed by atoms with Gasteiger partial charge in [0.2, 0.25) is 0 Å². The van der Waals surface area contributed by atoms with E-state index in [0.717, 1.165) is 18.4 Å². The predicted molar refractivity (Wildman–Crippen MR) is 74.0 cm³/mol. The quantitative estimate of drug-likeness (QED) is 0.691. The number of rotatable bonds is 7. The molecule has 0 aromatic rings. The van der Waals surface area contributed by atoms with Gasteiger partial charge in [-0.3, -0.25) is 4.90 Å². The van der Waals surface area contributed by atoms with Crippen LogP contribution in [0.4, 0.5) is 0 Å². The molecule has 2 N–H and O–H groups in total. The molecule has 0 heterocycles. The first-order valence-corrected chi connectivity index (χ1v) is 7.62. The average Bonchev–Trinajstić information content (AvgIpc) is 3.01.